The number of β-amino-alcohol motifs (C(OH)–C–C–N with tert-alkyl or cyclic N) is 1. The summed E-state index contributed by atoms with van der Waals surface area (Å²) >= 11 is 0. The molecule has 0 saturated carbocycles. The number of nitrogens with zero attached hydrogens (tertiary/aromatic N) is 5. The fraction of sp³-hybridized carbons (Fsp3) is 0.750. The second-order valence-electron chi connectivity index (χ2n) is 4.93. The van der Waals surface area contributed by atoms with Crippen LogP contribution in [0.3, 0.4) is 0 Å². The molecule has 106 valence electrons. The van der Waals surface area contributed by atoms with Crippen LogP contribution in [0.4, 0.5) is 17.8 Å². The molecule has 1 unspecified atom stereocenters. The van der Waals surface area contributed by atoms with Crippen molar-refractivity contribution in [1.82, 2.24) is 15.0 Å². The zero-order valence-corrected chi connectivity index (χ0v) is 11.8. The Labute approximate surface area is 113 Å². The number of aliphatic hydroxyl groups is 1. The van der Waals surface area contributed by atoms with E-state index in [2.05, 4.69) is 20.3 Å². The monoisotopic (exact) mass is 266 g/mol. The molecule has 7 heteroatoms. The molecule has 1 aromatic rings. The Morgan fingerprint density at radius 1 is 1.37 bits per heavy atom. The maximum atomic E-state index is 9.75. The van der Waals surface area contributed by atoms with E-state index < -0.39 is 0 Å². The van der Waals surface area contributed by atoms with E-state index in [1.165, 1.54) is 0 Å². The van der Waals surface area contributed by atoms with Gasteiger partial charge in [-0.25, -0.2) is 0 Å². The Kier molecular flexibility index (Phi) is 4.36. The summed E-state index contributed by atoms with van der Waals surface area (Å²) in [6, 6.07) is 0. The van der Waals surface area contributed by atoms with Crippen molar-refractivity contribution >= 4 is 17.8 Å². The Hall–Kier alpha value is -1.63. The summed E-state index contributed by atoms with van der Waals surface area (Å²) < 4.78 is 0. The molecule has 1 aliphatic rings. The molecular formula is C12H22N6O. The smallest absolute Gasteiger partial charge is 0.232 e. The lowest BCUT2D eigenvalue weighted by molar-refractivity contribution is 0.153. The van der Waals surface area contributed by atoms with E-state index in [9.17, 15) is 5.11 Å². The first-order valence-corrected chi connectivity index (χ1v) is 6.70. The van der Waals surface area contributed by atoms with Gasteiger partial charge < -0.3 is 20.2 Å². The molecule has 1 aromatic heterocycles. The van der Waals surface area contributed by atoms with Crippen molar-refractivity contribution < 1.29 is 5.11 Å². The van der Waals surface area contributed by atoms with Gasteiger partial charge in [0.25, 0.3) is 0 Å². The molecule has 1 saturated heterocycles. The first-order chi connectivity index (χ1) is 9.10. The molecular weight excluding hydrogens is 244 g/mol. The lowest BCUT2D eigenvalue weighted by Crippen LogP contribution is -2.39. The number of aromatic nitrogens is 3. The van der Waals surface area contributed by atoms with Crippen LogP contribution in [0.25, 0.3) is 0 Å². The van der Waals surface area contributed by atoms with Gasteiger partial charge in [-0.3, -0.25) is 0 Å². The van der Waals surface area contributed by atoms with Gasteiger partial charge in [0.2, 0.25) is 17.8 Å². The Morgan fingerprint density at radius 3 is 2.79 bits per heavy atom. The van der Waals surface area contributed by atoms with E-state index in [1.54, 1.807) is 0 Å². The van der Waals surface area contributed by atoms with E-state index >= 15 is 0 Å². The topological polar surface area (TPSA) is 77.4 Å². The first kappa shape index (κ1) is 13.8. The quantitative estimate of drug-likeness (QED) is 0.813. The van der Waals surface area contributed by atoms with Crippen LogP contribution in [0.1, 0.15) is 19.8 Å². The Morgan fingerprint density at radius 2 is 2.16 bits per heavy atom. The molecule has 2 heterocycles. The minimum atomic E-state index is -0.295. The van der Waals surface area contributed by atoms with Gasteiger partial charge in [0, 0.05) is 33.7 Å². The number of nitrogens with one attached hydrogen (secondary N) is 1. The van der Waals surface area contributed by atoms with E-state index in [0.29, 0.717) is 24.4 Å². The first-order valence-electron chi connectivity index (χ1n) is 6.70. The number of hydrogen-bond acceptors (Lipinski definition) is 7. The van der Waals surface area contributed by atoms with Crippen LogP contribution in [0.15, 0.2) is 0 Å². The third kappa shape index (κ3) is 3.44. The summed E-state index contributed by atoms with van der Waals surface area (Å²) in [6.45, 7) is 4.23. The number of rotatable bonds is 4. The van der Waals surface area contributed by atoms with Gasteiger partial charge in [-0.1, -0.05) is 0 Å². The van der Waals surface area contributed by atoms with Gasteiger partial charge in [-0.2, -0.15) is 15.0 Å². The van der Waals surface area contributed by atoms with Gasteiger partial charge in [0.15, 0.2) is 0 Å². The van der Waals surface area contributed by atoms with Crippen LogP contribution in [-0.2, 0) is 0 Å². The predicted octanol–water partition coefficient (Wildman–Crippen LogP) is 0.330. The lowest BCUT2D eigenvalue weighted by Gasteiger charge is -2.30. The fourth-order valence-corrected chi connectivity index (χ4v) is 2.07. The van der Waals surface area contributed by atoms with Crippen LogP contribution in [0, 0.1) is 0 Å². The van der Waals surface area contributed by atoms with Gasteiger partial charge in [-0.15, -0.1) is 0 Å². The van der Waals surface area contributed by atoms with Crippen molar-refractivity contribution in [2.45, 2.75) is 25.9 Å². The van der Waals surface area contributed by atoms with Gasteiger partial charge >= 0.3 is 0 Å². The maximum absolute atomic E-state index is 9.75. The summed E-state index contributed by atoms with van der Waals surface area (Å²) in [6.07, 6.45) is 1.51. The standard InChI is InChI=1S/C12H22N6O/c1-4-13-10-14-11(17(2)3)16-12(15-10)18-7-5-6-9(19)8-18/h9,19H,4-8H2,1-3H3,(H,13,14,15,16). The number of hydrogen-bond donors (Lipinski definition) is 2. The molecule has 0 spiro atoms. The minimum absolute atomic E-state index is 0.295. The van der Waals surface area contributed by atoms with Gasteiger partial charge in [-0.05, 0) is 19.8 Å². The van der Waals surface area contributed by atoms with Gasteiger partial charge in [0.1, 0.15) is 0 Å². The van der Waals surface area contributed by atoms with Crippen LogP contribution in [0.5, 0.6) is 0 Å². The molecule has 1 atom stereocenters. The van der Waals surface area contributed by atoms with Crippen molar-refractivity contribution in [3.8, 4) is 0 Å². The van der Waals surface area contributed by atoms with Crippen LogP contribution >= 0.6 is 0 Å². The SMILES string of the molecule is CCNc1nc(N(C)C)nc(N2CCCC(O)C2)n1. The summed E-state index contributed by atoms with van der Waals surface area (Å²) in [5, 5.41) is 12.9. The molecule has 0 aromatic carbocycles. The molecule has 2 N–H and O–H groups in total. The molecule has 1 aliphatic heterocycles. The Bertz CT molecular complexity index is 425. The highest BCUT2D eigenvalue weighted by Crippen LogP contribution is 2.19. The number of piperidine rings is 1. The van der Waals surface area contributed by atoms with Crippen LogP contribution in [0.2, 0.25) is 0 Å². The lowest BCUT2D eigenvalue weighted by atomic mass is 10.1. The highest BCUT2D eigenvalue weighted by atomic mass is 16.3. The molecule has 0 bridgehead atoms. The summed E-state index contributed by atoms with van der Waals surface area (Å²) in [7, 11) is 3.81. The normalized spacial score (nSPS) is 19.4. The average Bonchev–Trinajstić information content (AvgIpc) is 2.38. The molecule has 19 heavy (non-hydrogen) atoms. The third-order valence-electron chi connectivity index (χ3n) is 3.03. The summed E-state index contributed by atoms with van der Waals surface area (Å²) in [5.74, 6) is 1.84. The highest BCUT2D eigenvalue weighted by Gasteiger charge is 2.21. The largest absolute Gasteiger partial charge is 0.391 e. The summed E-state index contributed by atoms with van der Waals surface area (Å²) in [5.41, 5.74) is 0. The maximum Gasteiger partial charge on any atom is 0.232 e. The predicted molar refractivity (Wildman–Crippen MR) is 75.8 cm³/mol. The highest BCUT2D eigenvalue weighted by molar-refractivity contribution is 5.44. The Balaban J connectivity index is 2.27. The third-order valence-corrected chi connectivity index (χ3v) is 3.03. The number of aliphatic hydroxyl groups excluding tert-OH is 1. The van der Waals surface area contributed by atoms with Gasteiger partial charge in [0.05, 0.1) is 6.10 Å². The molecule has 7 nitrogen and oxygen atoms in total. The van der Waals surface area contributed by atoms with E-state index in [4.69, 9.17) is 0 Å². The second kappa shape index (κ2) is 6.01. The van der Waals surface area contributed by atoms with Crippen LogP contribution < -0.4 is 15.1 Å². The molecule has 1 fully saturated rings. The van der Waals surface area contributed by atoms with Crippen molar-refractivity contribution in [2.24, 2.45) is 0 Å². The van der Waals surface area contributed by atoms with Crippen LogP contribution in [-0.4, -0.2) is 59.9 Å². The minimum Gasteiger partial charge on any atom is -0.391 e. The second-order valence-corrected chi connectivity index (χ2v) is 4.93. The zero-order chi connectivity index (χ0) is 13.8. The van der Waals surface area contributed by atoms with Crippen molar-refractivity contribution in [1.29, 1.82) is 0 Å². The zero-order valence-electron chi connectivity index (χ0n) is 11.8. The fourth-order valence-electron chi connectivity index (χ4n) is 2.07. The molecule has 0 amide bonds. The average molecular weight is 266 g/mol. The number of anilines is 3. The summed E-state index contributed by atoms with van der Waals surface area (Å²) in [4.78, 5) is 17.1. The van der Waals surface area contributed by atoms with Crippen molar-refractivity contribution in [2.75, 3.05) is 48.8 Å². The molecule has 0 radical (unpaired) electrons. The van der Waals surface area contributed by atoms with E-state index in [-0.39, 0.29) is 6.10 Å². The molecule has 0 aliphatic carbocycles. The molecule has 2 rings (SSSR count). The van der Waals surface area contributed by atoms with Crippen molar-refractivity contribution in [3.63, 3.8) is 0 Å². The van der Waals surface area contributed by atoms with E-state index in [0.717, 1.165) is 25.9 Å². The van der Waals surface area contributed by atoms with E-state index in [1.807, 2.05) is 30.8 Å². The van der Waals surface area contributed by atoms with Crippen molar-refractivity contribution in [3.05, 3.63) is 0 Å².